The fraction of sp³-hybridized carbons (Fsp3) is 0.375. The fourth-order valence-corrected chi connectivity index (χ4v) is 1.11. The van der Waals surface area contributed by atoms with Gasteiger partial charge in [-0.3, -0.25) is 14.9 Å². The summed E-state index contributed by atoms with van der Waals surface area (Å²) < 4.78 is 1.07. The summed E-state index contributed by atoms with van der Waals surface area (Å²) in [6, 6.07) is 2.50. The average Bonchev–Trinajstić information content (AvgIpc) is 2.20. The first-order valence-electron chi connectivity index (χ1n) is 4.28. The van der Waals surface area contributed by atoms with Crippen LogP contribution in [0.3, 0.4) is 0 Å². The smallest absolute Gasteiger partial charge is 0.334 e. The maximum Gasteiger partial charge on any atom is 0.334 e. The number of rotatable bonds is 4. The summed E-state index contributed by atoms with van der Waals surface area (Å²) >= 11 is 0. The molecule has 0 aliphatic heterocycles. The van der Waals surface area contributed by atoms with Crippen LogP contribution in [0.1, 0.15) is 0 Å². The maximum atomic E-state index is 11.4. The first-order valence-corrected chi connectivity index (χ1v) is 4.28. The van der Waals surface area contributed by atoms with Crippen LogP contribution >= 0.6 is 0 Å². The van der Waals surface area contributed by atoms with Crippen molar-refractivity contribution in [1.82, 2.24) is 4.57 Å². The Labute approximate surface area is 84.9 Å². The third-order valence-corrected chi connectivity index (χ3v) is 1.88. The van der Waals surface area contributed by atoms with E-state index in [2.05, 4.69) is 0 Å². The van der Waals surface area contributed by atoms with E-state index in [-0.39, 0.29) is 13.1 Å². The van der Waals surface area contributed by atoms with Gasteiger partial charge in [-0.15, -0.1) is 0 Å². The van der Waals surface area contributed by atoms with E-state index in [1.165, 1.54) is 12.3 Å². The van der Waals surface area contributed by atoms with Crippen LogP contribution in [0.2, 0.25) is 0 Å². The molecule has 0 aromatic carbocycles. The van der Waals surface area contributed by atoms with E-state index < -0.39 is 22.3 Å². The molecule has 0 radical (unpaired) electrons. The van der Waals surface area contributed by atoms with E-state index in [1.54, 1.807) is 0 Å². The molecule has 15 heavy (non-hydrogen) atoms. The number of aromatic nitrogens is 1. The van der Waals surface area contributed by atoms with Gasteiger partial charge in [0.1, 0.15) is 0 Å². The van der Waals surface area contributed by atoms with Crippen LogP contribution in [-0.2, 0) is 6.54 Å². The standard InChI is InChI=1S/C8H11N3O4/c9-4-6(12)5-10-3-1-2-7(8(10)13)11(14)15/h1-3,6,12H,4-5,9H2. The molecule has 0 aliphatic rings. The van der Waals surface area contributed by atoms with Crippen LogP contribution in [0.25, 0.3) is 0 Å². The summed E-state index contributed by atoms with van der Waals surface area (Å²) in [7, 11) is 0. The minimum absolute atomic E-state index is 0.00483. The van der Waals surface area contributed by atoms with Gasteiger partial charge in [0.25, 0.3) is 0 Å². The van der Waals surface area contributed by atoms with E-state index in [0.29, 0.717) is 0 Å². The molecule has 1 aromatic rings. The highest BCUT2D eigenvalue weighted by molar-refractivity contribution is 5.25. The Bertz CT molecular complexity index is 415. The molecule has 82 valence electrons. The Balaban J connectivity index is 3.05. The quantitative estimate of drug-likeness (QED) is 0.496. The topological polar surface area (TPSA) is 111 Å². The monoisotopic (exact) mass is 213 g/mol. The molecule has 1 atom stereocenters. The normalized spacial score (nSPS) is 12.4. The summed E-state index contributed by atoms with van der Waals surface area (Å²) in [5.74, 6) is 0. The van der Waals surface area contributed by atoms with Gasteiger partial charge in [-0.1, -0.05) is 0 Å². The lowest BCUT2D eigenvalue weighted by Gasteiger charge is -2.09. The molecule has 0 fully saturated rings. The van der Waals surface area contributed by atoms with Crippen molar-refractivity contribution in [3.63, 3.8) is 0 Å². The van der Waals surface area contributed by atoms with E-state index >= 15 is 0 Å². The minimum atomic E-state index is -0.885. The molecule has 3 N–H and O–H groups in total. The van der Waals surface area contributed by atoms with Crippen LogP contribution in [-0.4, -0.2) is 27.2 Å². The van der Waals surface area contributed by atoms with Gasteiger partial charge >= 0.3 is 11.2 Å². The number of nitro groups is 1. The molecule has 1 rings (SSSR count). The molecule has 0 saturated heterocycles. The summed E-state index contributed by atoms with van der Waals surface area (Å²) in [6.07, 6.45) is 0.485. The van der Waals surface area contributed by atoms with Crippen molar-refractivity contribution in [2.75, 3.05) is 6.54 Å². The van der Waals surface area contributed by atoms with Crippen LogP contribution in [0.15, 0.2) is 23.1 Å². The van der Waals surface area contributed by atoms with Gasteiger partial charge in [0.15, 0.2) is 0 Å². The molecule has 0 bridgehead atoms. The second-order valence-electron chi connectivity index (χ2n) is 3.00. The molecule has 0 aliphatic carbocycles. The molecule has 0 spiro atoms. The SMILES string of the molecule is NCC(O)Cn1cccc([N+](=O)[O-])c1=O. The van der Waals surface area contributed by atoms with E-state index in [9.17, 15) is 20.0 Å². The Hall–Kier alpha value is -1.73. The van der Waals surface area contributed by atoms with Gasteiger partial charge in [-0.25, -0.2) is 0 Å². The fourth-order valence-electron chi connectivity index (χ4n) is 1.11. The first kappa shape index (κ1) is 11.3. The lowest BCUT2D eigenvalue weighted by molar-refractivity contribution is -0.386. The van der Waals surface area contributed by atoms with Crippen LogP contribution in [0.5, 0.6) is 0 Å². The minimum Gasteiger partial charge on any atom is -0.390 e. The van der Waals surface area contributed by atoms with Gasteiger partial charge in [-0.2, -0.15) is 0 Å². The van der Waals surface area contributed by atoms with Crippen LogP contribution in [0, 0.1) is 10.1 Å². The number of pyridine rings is 1. The lowest BCUT2D eigenvalue weighted by atomic mass is 10.3. The molecule has 7 heteroatoms. The number of aliphatic hydroxyl groups excluding tert-OH is 1. The van der Waals surface area contributed by atoms with Gasteiger partial charge in [0, 0.05) is 18.8 Å². The van der Waals surface area contributed by atoms with E-state index in [1.807, 2.05) is 0 Å². The number of nitrogens with two attached hydrogens (primary N) is 1. The molecule has 1 aromatic heterocycles. The van der Waals surface area contributed by atoms with Gasteiger partial charge in [-0.05, 0) is 6.07 Å². The Kier molecular flexibility index (Phi) is 3.53. The largest absolute Gasteiger partial charge is 0.390 e. The predicted molar refractivity (Wildman–Crippen MR) is 52.4 cm³/mol. The van der Waals surface area contributed by atoms with Gasteiger partial charge in [0.2, 0.25) is 0 Å². The zero-order chi connectivity index (χ0) is 11.4. The van der Waals surface area contributed by atoms with Crippen molar-refractivity contribution in [1.29, 1.82) is 0 Å². The average molecular weight is 213 g/mol. The molecular formula is C8H11N3O4. The Morgan fingerprint density at radius 3 is 2.87 bits per heavy atom. The summed E-state index contributed by atoms with van der Waals surface area (Å²) in [6.45, 7) is -0.0495. The summed E-state index contributed by atoms with van der Waals surface area (Å²) in [5, 5.41) is 19.6. The number of hydrogen-bond donors (Lipinski definition) is 2. The molecule has 0 saturated carbocycles. The third-order valence-electron chi connectivity index (χ3n) is 1.88. The molecular weight excluding hydrogens is 202 g/mol. The second-order valence-corrected chi connectivity index (χ2v) is 3.00. The van der Waals surface area contributed by atoms with E-state index in [0.717, 1.165) is 10.6 Å². The summed E-state index contributed by atoms with van der Waals surface area (Å²) in [5.41, 5.74) is 3.92. The number of hydrogen-bond acceptors (Lipinski definition) is 5. The first-order chi connectivity index (χ1) is 7.06. The van der Waals surface area contributed by atoms with Crippen LogP contribution < -0.4 is 11.3 Å². The third kappa shape index (κ3) is 2.61. The van der Waals surface area contributed by atoms with Crippen molar-refractivity contribution in [2.45, 2.75) is 12.6 Å². The zero-order valence-electron chi connectivity index (χ0n) is 7.87. The molecule has 1 heterocycles. The van der Waals surface area contributed by atoms with Crippen molar-refractivity contribution < 1.29 is 10.0 Å². The second kappa shape index (κ2) is 4.67. The maximum absolute atomic E-state index is 11.4. The summed E-state index contributed by atoms with van der Waals surface area (Å²) in [4.78, 5) is 21.1. The highest BCUT2D eigenvalue weighted by Crippen LogP contribution is 2.01. The van der Waals surface area contributed by atoms with Crippen molar-refractivity contribution in [3.8, 4) is 0 Å². The van der Waals surface area contributed by atoms with Crippen molar-refractivity contribution in [3.05, 3.63) is 38.8 Å². The lowest BCUT2D eigenvalue weighted by Crippen LogP contribution is -2.31. The number of nitrogens with zero attached hydrogens (tertiary/aromatic N) is 2. The number of aliphatic hydroxyl groups is 1. The predicted octanol–water partition coefficient (Wildman–Crippen LogP) is -0.924. The van der Waals surface area contributed by atoms with Gasteiger partial charge in [0.05, 0.1) is 17.6 Å². The molecule has 1 unspecified atom stereocenters. The van der Waals surface area contributed by atoms with Crippen molar-refractivity contribution >= 4 is 5.69 Å². The van der Waals surface area contributed by atoms with Crippen molar-refractivity contribution in [2.24, 2.45) is 5.73 Å². The molecule has 0 amide bonds. The highest BCUT2D eigenvalue weighted by atomic mass is 16.6. The Morgan fingerprint density at radius 1 is 1.67 bits per heavy atom. The Morgan fingerprint density at radius 2 is 2.33 bits per heavy atom. The van der Waals surface area contributed by atoms with E-state index in [4.69, 9.17) is 5.73 Å². The van der Waals surface area contributed by atoms with Gasteiger partial charge < -0.3 is 15.4 Å². The highest BCUT2D eigenvalue weighted by Gasteiger charge is 2.14. The van der Waals surface area contributed by atoms with Crippen LogP contribution in [0.4, 0.5) is 5.69 Å². The molecule has 7 nitrogen and oxygen atoms in total. The zero-order valence-corrected chi connectivity index (χ0v) is 7.87.